The molecule has 2 aliphatic rings. The Morgan fingerprint density at radius 3 is 2.53 bits per heavy atom. The van der Waals surface area contributed by atoms with Crippen LogP contribution in [0.5, 0.6) is 0 Å². The Hall–Kier alpha value is -3.78. The third-order valence-corrected chi connectivity index (χ3v) is 4.81. The first kappa shape index (κ1) is 19.5. The average molecular weight is 407 g/mol. The lowest BCUT2D eigenvalue weighted by Crippen LogP contribution is -2.27. The van der Waals surface area contributed by atoms with Crippen LogP contribution in [-0.2, 0) is 23.8 Å². The van der Waals surface area contributed by atoms with E-state index in [1.54, 1.807) is 0 Å². The highest BCUT2D eigenvalue weighted by molar-refractivity contribution is 5.87. The lowest BCUT2D eigenvalue weighted by molar-refractivity contribution is -0.384. The fourth-order valence-corrected chi connectivity index (χ4v) is 3.42. The quantitative estimate of drug-likeness (QED) is 0.323. The van der Waals surface area contributed by atoms with E-state index < -0.39 is 34.9 Å². The van der Waals surface area contributed by atoms with Crippen molar-refractivity contribution >= 4 is 23.7 Å². The number of non-ortho nitro benzene ring substituents is 1. The molecule has 8 nitrogen and oxygen atoms in total. The molecule has 0 saturated carbocycles. The largest absolute Gasteiger partial charge is 0.456 e. The van der Waals surface area contributed by atoms with Crippen molar-refractivity contribution in [1.29, 1.82) is 0 Å². The molecule has 152 valence electrons. The summed E-state index contributed by atoms with van der Waals surface area (Å²) in [6, 6.07) is 15.0. The summed E-state index contributed by atoms with van der Waals surface area (Å²) < 4.78 is 16.9. The van der Waals surface area contributed by atoms with E-state index in [1.807, 2.05) is 30.3 Å². The molecule has 0 radical (unpaired) electrons. The van der Waals surface area contributed by atoms with Gasteiger partial charge < -0.3 is 14.2 Å². The summed E-state index contributed by atoms with van der Waals surface area (Å²) in [7, 11) is 0. The topological polar surface area (TPSA) is 105 Å². The first-order valence-electron chi connectivity index (χ1n) is 9.22. The molecule has 1 spiro atoms. The van der Waals surface area contributed by atoms with Crippen LogP contribution < -0.4 is 0 Å². The lowest BCUT2D eigenvalue weighted by atomic mass is 10.0. The third kappa shape index (κ3) is 4.13. The molecule has 0 unspecified atom stereocenters. The second kappa shape index (κ2) is 7.92. The maximum Gasteiger partial charge on any atom is 0.333 e. The second-order valence-electron chi connectivity index (χ2n) is 6.88. The molecule has 2 aromatic rings. The van der Waals surface area contributed by atoms with Gasteiger partial charge in [-0.25, -0.2) is 9.59 Å². The van der Waals surface area contributed by atoms with Crippen molar-refractivity contribution in [3.8, 4) is 0 Å². The smallest absolute Gasteiger partial charge is 0.333 e. The van der Waals surface area contributed by atoms with Crippen molar-refractivity contribution in [3.63, 3.8) is 0 Å². The number of hydrogen-bond acceptors (Lipinski definition) is 7. The molecule has 0 N–H and O–H groups in total. The molecule has 4 rings (SSSR count). The molecular weight excluding hydrogens is 390 g/mol. The molecule has 30 heavy (non-hydrogen) atoms. The molecule has 0 bridgehead atoms. The summed E-state index contributed by atoms with van der Waals surface area (Å²) >= 11 is 0. The van der Waals surface area contributed by atoms with Gasteiger partial charge in [0.25, 0.3) is 5.69 Å². The SMILES string of the molecule is O=C1C=C[C@@]2(C[C@H](OC(=O)/C=C/c3ccc([N+](=O)[O-])cc3)[C@@H](c3ccccc3)O2)O1. The molecule has 2 aliphatic heterocycles. The molecule has 2 aromatic carbocycles. The van der Waals surface area contributed by atoms with Gasteiger partial charge in [-0.2, -0.15) is 0 Å². The van der Waals surface area contributed by atoms with Crippen molar-refractivity contribution in [1.82, 2.24) is 0 Å². The van der Waals surface area contributed by atoms with E-state index in [9.17, 15) is 19.7 Å². The fourth-order valence-electron chi connectivity index (χ4n) is 3.42. The summed E-state index contributed by atoms with van der Waals surface area (Å²) in [4.78, 5) is 34.2. The van der Waals surface area contributed by atoms with E-state index in [2.05, 4.69) is 0 Å². The van der Waals surface area contributed by atoms with E-state index in [0.29, 0.717) is 5.56 Å². The Morgan fingerprint density at radius 2 is 1.90 bits per heavy atom. The molecule has 1 fully saturated rings. The number of nitrogens with zero attached hydrogens (tertiary/aromatic N) is 1. The van der Waals surface area contributed by atoms with Crippen molar-refractivity contribution in [2.75, 3.05) is 0 Å². The van der Waals surface area contributed by atoms with Gasteiger partial charge in [-0.15, -0.1) is 0 Å². The van der Waals surface area contributed by atoms with Crippen LogP contribution in [0.1, 0.15) is 23.7 Å². The molecule has 1 saturated heterocycles. The number of benzene rings is 2. The number of ether oxygens (including phenoxy) is 3. The van der Waals surface area contributed by atoms with Crippen molar-refractivity contribution in [3.05, 3.63) is 94.1 Å². The van der Waals surface area contributed by atoms with Crippen LogP contribution in [0.15, 0.2) is 72.8 Å². The minimum absolute atomic E-state index is 0.0343. The Morgan fingerprint density at radius 1 is 1.17 bits per heavy atom. The van der Waals surface area contributed by atoms with Crippen LogP contribution in [0.25, 0.3) is 6.08 Å². The summed E-state index contributed by atoms with van der Waals surface area (Å²) in [5.41, 5.74) is 1.37. The first-order chi connectivity index (χ1) is 14.4. The van der Waals surface area contributed by atoms with Crippen LogP contribution in [-0.4, -0.2) is 28.8 Å². The van der Waals surface area contributed by atoms with Crippen LogP contribution in [0, 0.1) is 10.1 Å². The predicted octanol–water partition coefficient (Wildman–Crippen LogP) is 3.49. The molecule has 8 heteroatoms. The Balaban J connectivity index is 1.48. The minimum Gasteiger partial charge on any atom is -0.456 e. The first-order valence-corrected chi connectivity index (χ1v) is 9.22. The van der Waals surface area contributed by atoms with Gasteiger partial charge in [0.05, 0.1) is 11.3 Å². The predicted molar refractivity (Wildman–Crippen MR) is 105 cm³/mol. The van der Waals surface area contributed by atoms with Crippen LogP contribution in [0.4, 0.5) is 5.69 Å². The van der Waals surface area contributed by atoms with E-state index >= 15 is 0 Å². The normalized spacial score (nSPS) is 25.0. The second-order valence-corrected chi connectivity index (χ2v) is 6.88. The summed E-state index contributed by atoms with van der Waals surface area (Å²) in [5, 5.41) is 10.7. The number of nitro benzene ring substituents is 1. The number of esters is 2. The van der Waals surface area contributed by atoms with Crippen molar-refractivity contribution in [2.24, 2.45) is 0 Å². The van der Waals surface area contributed by atoms with E-state index in [1.165, 1.54) is 48.6 Å². The molecule has 0 amide bonds. The van der Waals surface area contributed by atoms with E-state index in [0.717, 1.165) is 5.56 Å². The lowest BCUT2D eigenvalue weighted by Gasteiger charge is -2.21. The van der Waals surface area contributed by atoms with Crippen LogP contribution in [0.3, 0.4) is 0 Å². The highest BCUT2D eigenvalue weighted by Crippen LogP contribution is 2.44. The maximum atomic E-state index is 12.4. The molecule has 3 atom stereocenters. The zero-order valence-corrected chi connectivity index (χ0v) is 15.7. The van der Waals surface area contributed by atoms with Gasteiger partial charge in [-0.3, -0.25) is 10.1 Å². The van der Waals surface area contributed by atoms with Crippen molar-refractivity contribution in [2.45, 2.75) is 24.4 Å². The zero-order valence-electron chi connectivity index (χ0n) is 15.7. The molecule has 0 aromatic heterocycles. The maximum absolute atomic E-state index is 12.4. The van der Waals surface area contributed by atoms with Gasteiger partial charge in [-0.1, -0.05) is 30.3 Å². The number of rotatable bonds is 5. The average Bonchev–Trinajstić information content (AvgIpc) is 3.29. The minimum atomic E-state index is -1.25. The Bertz CT molecular complexity index is 1030. The van der Waals surface area contributed by atoms with Crippen LogP contribution in [0.2, 0.25) is 0 Å². The fraction of sp³-hybridized carbons (Fsp3) is 0.182. The van der Waals surface area contributed by atoms with E-state index in [4.69, 9.17) is 14.2 Å². The number of carbonyl (C=O) groups is 2. The van der Waals surface area contributed by atoms with Gasteiger partial charge in [0.2, 0.25) is 5.79 Å². The number of carbonyl (C=O) groups excluding carboxylic acids is 2. The van der Waals surface area contributed by atoms with E-state index in [-0.39, 0.29) is 12.1 Å². The van der Waals surface area contributed by atoms with Gasteiger partial charge in [0, 0.05) is 24.3 Å². The molecule has 2 heterocycles. The monoisotopic (exact) mass is 407 g/mol. The van der Waals surface area contributed by atoms with Gasteiger partial charge in [0.15, 0.2) is 0 Å². The Kier molecular flexibility index (Phi) is 5.16. The zero-order chi connectivity index (χ0) is 21.1. The molecule has 0 aliphatic carbocycles. The highest BCUT2D eigenvalue weighted by atomic mass is 16.7. The summed E-state index contributed by atoms with van der Waals surface area (Å²) in [6.45, 7) is 0. The van der Waals surface area contributed by atoms with Crippen molar-refractivity contribution < 1.29 is 28.7 Å². The van der Waals surface area contributed by atoms with Gasteiger partial charge in [-0.05, 0) is 35.4 Å². The summed E-state index contributed by atoms with van der Waals surface area (Å²) in [6.07, 6.45) is 4.48. The Labute approximate surface area is 171 Å². The van der Waals surface area contributed by atoms with Gasteiger partial charge in [0.1, 0.15) is 12.2 Å². The standard InChI is InChI=1S/C22H17NO7/c24-19(11-8-15-6-9-17(10-7-15)23(26)27)28-18-14-22(13-12-20(25)29-22)30-21(18)16-4-2-1-3-5-16/h1-13,18,21H,14H2/b11-8+/t18-,21+,22+/m0/s1. The molecular formula is C22H17NO7. The summed E-state index contributed by atoms with van der Waals surface area (Å²) in [5.74, 6) is -2.36. The number of hydrogen-bond donors (Lipinski definition) is 0. The van der Waals surface area contributed by atoms with Gasteiger partial charge >= 0.3 is 11.9 Å². The highest BCUT2D eigenvalue weighted by Gasteiger charge is 2.52. The number of nitro groups is 1. The van der Waals surface area contributed by atoms with Crippen LogP contribution >= 0.6 is 0 Å². The third-order valence-electron chi connectivity index (χ3n) is 4.81.